The van der Waals surface area contributed by atoms with E-state index >= 15 is 0 Å². The van der Waals surface area contributed by atoms with Gasteiger partial charge < -0.3 is 0 Å². The molecule has 0 bridgehead atoms. The van der Waals surface area contributed by atoms with Crippen LogP contribution in [0.3, 0.4) is 0 Å². The van der Waals surface area contributed by atoms with Gasteiger partial charge in [-0.1, -0.05) is 0 Å². The molecule has 0 aliphatic carbocycles. The molecule has 8 heteroatoms. The normalized spacial score (nSPS) is 12.1. The number of halogens is 6. The minimum atomic E-state index is -4.94. The van der Waals surface area contributed by atoms with Crippen molar-refractivity contribution in [1.82, 2.24) is 0 Å². The van der Waals surface area contributed by atoms with Crippen molar-refractivity contribution in [2.45, 2.75) is 12.4 Å². The Hall–Kier alpha value is -1.40. The van der Waals surface area contributed by atoms with Crippen LogP contribution in [0.4, 0.5) is 32.0 Å². The van der Waals surface area contributed by atoms with Gasteiger partial charge in [-0.25, -0.2) is 0 Å². The average molecular weight is 271 g/mol. The van der Waals surface area contributed by atoms with E-state index in [1.165, 1.54) is 0 Å². The molecule has 0 saturated carbocycles. The number of nitrogens with zero attached hydrogens (tertiary/aromatic N) is 1. The van der Waals surface area contributed by atoms with Gasteiger partial charge in [0.25, 0.3) is 0 Å². The molecule has 0 heterocycles. The van der Waals surface area contributed by atoms with Gasteiger partial charge in [0.1, 0.15) is 0 Å². The van der Waals surface area contributed by atoms with Crippen LogP contribution in [0.2, 0.25) is 0 Å². The molecule has 0 atom stereocenters. The molecule has 1 rings (SSSR count). The fourth-order valence-corrected chi connectivity index (χ4v) is 1.18. The Morgan fingerprint density at radius 1 is 1.00 bits per heavy atom. The first kappa shape index (κ1) is 13.7. The molecule has 0 spiro atoms. The van der Waals surface area contributed by atoms with E-state index in [1.807, 2.05) is 0 Å². The zero-order valence-corrected chi connectivity index (χ0v) is 8.67. The van der Waals surface area contributed by atoms with E-state index in [0.29, 0.717) is 12.1 Å². The fraction of sp³-hybridized carbons (Fsp3) is 0.222. The van der Waals surface area contributed by atoms with Crippen LogP contribution < -0.4 is 0 Å². The maximum absolute atomic E-state index is 12.5. The zero-order chi connectivity index (χ0) is 13.3. The summed E-state index contributed by atoms with van der Waals surface area (Å²) in [6.45, 7) is 0. The first-order valence-electron chi connectivity index (χ1n) is 4.02. The highest BCUT2D eigenvalue weighted by Crippen LogP contribution is 2.40. The van der Waals surface area contributed by atoms with Crippen molar-refractivity contribution in [2.75, 3.05) is 0 Å². The van der Waals surface area contributed by atoms with Crippen LogP contribution in [0.5, 0.6) is 0 Å². The number of aliphatic imine (C=N–C) groups is 1. The van der Waals surface area contributed by atoms with Crippen LogP contribution in [0.1, 0.15) is 11.1 Å². The topological polar surface area (TPSA) is 12.4 Å². The Morgan fingerprint density at radius 3 is 2.00 bits per heavy atom. The highest BCUT2D eigenvalue weighted by molar-refractivity contribution is 7.78. The predicted octanol–water partition coefficient (Wildman–Crippen LogP) is 4.46. The molecule has 0 aromatic heterocycles. The zero-order valence-electron chi connectivity index (χ0n) is 7.86. The molecule has 0 fully saturated rings. The van der Waals surface area contributed by atoms with Crippen molar-refractivity contribution in [1.29, 1.82) is 0 Å². The second kappa shape index (κ2) is 4.46. The molecule has 0 unspecified atom stereocenters. The number of hydrogen-bond donors (Lipinski definition) is 0. The molecule has 0 radical (unpaired) electrons. The summed E-state index contributed by atoms with van der Waals surface area (Å²) in [5, 5.41) is 1.68. The standard InChI is InChI=1S/C9H3F6NS/c10-8(11,12)5-1-2-7(16-4-17)6(3-5)9(13,14)15/h1-3H. The number of alkyl halides is 6. The van der Waals surface area contributed by atoms with Crippen molar-refractivity contribution >= 4 is 23.1 Å². The minimum Gasteiger partial charge on any atom is -0.194 e. The second-order valence-electron chi connectivity index (χ2n) is 2.93. The van der Waals surface area contributed by atoms with Gasteiger partial charge in [-0.15, -0.1) is 0 Å². The smallest absolute Gasteiger partial charge is 0.194 e. The number of rotatable bonds is 1. The molecule has 0 aliphatic heterocycles. The highest BCUT2D eigenvalue weighted by Gasteiger charge is 2.38. The fourth-order valence-electron chi connectivity index (χ4n) is 1.09. The van der Waals surface area contributed by atoms with Gasteiger partial charge in [0.2, 0.25) is 0 Å². The summed E-state index contributed by atoms with van der Waals surface area (Å²) in [5.74, 6) is 0. The van der Waals surface area contributed by atoms with Gasteiger partial charge in [0.15, 0.2) is 0 Å². The van der Waals surface area contributed by atoms with E-state index in [0.717, 1.165) is 0 Å². The third-order valence-corrected chi connectivity index (χ3v) is 1.89. The Morgan fingerprint density at radius 2 is 1.59 bits per heavy atom. The van der Waals surface area contributed by atoms with Gasteiger partial charge >= 0.3 is 12.4 Å². The van der Waals surface area contributed by atoms with E-state index in [2.05, 4.69) is 17.2 Å². The van der Waals surface area contributed by atoms with Gasteiger partial charge in [-0.05, 0) is 30.4 Å². The lowest BCUT2D eigenvalue weighted by Crippen LogP contribution is -2.10. The first-order chi connectivity index (χ1) is 7.66. The summed E-state index contributed by atoms with van der Waals surface area (Å²) in [6.07, 6.45) is -9.79. The molecule has 0 amide bonds. The summed E-state index contributed by atoms with van der Waals surface area (Å²) in [4.78, 5) is 3.07. The molecule has 0 N–H and O–H groups in total. The summed E-state index contributed by atoms with van der Waals surface area (Å²) in [5.41, 5.74) is -3.58. The van der Waals surface area contributed by atoms with Crippen LogP contribution >= 0.6 is 12.2 Å². The Labute approximate surface area is 96.8 Å². The number of isothiocyanates is 1. The molecule has 1 aromatic rings. The third-order valence-electron chi connectivity index (χ3n) is 1.80. The SMILES string of the molecule is FC(F)(F)c1ccc(N=C=S)c(C(F)(F)F)c1. The van der Waals surface area contributed by atoms with Crippen LogP contribution in [-0.2, 0) is 12.4 Å². The van der Waals surface area contributed by atoms with Crippen molar-refractivity contribution in [3.05, 3.63) is 29.3 Å². The molecular formula is C9H3F6NS. The Balaban J connectivity index is 3.45. The van der Waals surface area contributed by atoms with Crippen LogP contribution in [0.15, 0.2) is 23.2 Å². The first-order valence-corrected chi connectivity index (χ1v) is 4.43. The molecular weight excluding hydrogens is 268 g/mol. The lowest BCUT2D eigenvalue weighted by Gasteiger charge is -2.12. The van der Waals surface area contributed by atoms with E-state index in [-0.39, 0.29) is 6.07 Å². The largest absolute Gasteiger partial charge is 0.418 e. The van der Waals surface area contributed by atoms with Crippen LogP contribution in [0, 0.1) is 0 Å². The van der Waals surface area contributed by atoms with E-state index in [9.17, 15) is 26.3 Å². The Bertz CT molecular complexity index is 469. The number of thiocarbonyl (C=S) groups is 1. The Kier molecular flexibility index (Phi) is 3.59. The highest BCUT2D eigenvalue weighted by atomic mass is 32.1. The third kappa shape index (κ3) is 3.28. The van der Waals surface area contributed by atoms with Crippen molar-refractivity contribution in [2.24, 2.45) is 4.99 Å². The monoisotopic (exact) mass is 271 g/mol. The van der Waals surface area contributed by atoms with E-state index in [1.54, 1.807) is 5.16 Å². The molecule has 0 saturated heterocycles. The summed E-state index contributed by atoms with van der Waals surface area (Å²) in [6, 6.07) is 1.09. The van der Waals surface area contributed by atoms with Crippen LogP contribution in [-0.4, -0.2) is 5.16 Å². The summed E-state index contributed by atoms with van der Waals surface area (Å²) < 4.78 is 74.1. The summed E-state index contributed by atoms with van der Waals surface area (Å²) >= 11 is 4.12. The van der Waals surface area contributed by atoms with E-state index < -0.39 is 29.2 Å². The number of benzene rings is 1. The van der Waals surface area contributed by atoms with Crippen molar-refractivity contribution in [3.63, 3.8) is 0 Å². The summed E-state index contributed by atoms with van der Waals surface area (Å²) in [7, 11) is 0. The molecule has 0 aliphatic rings. The van der Waals surface area contributed by atoms with Gasteiger partial charge in [-0.2, -0.15) is 31.3 Å². The molecule has 92 valence electrons. The lowest BCUT2D eigenvalue weighted by molar-refractivity contribution is -0.142. The molecule has 1 nitrogen and oxygen atoms in total. The quantitative estimate of drug-likeness (QED) is 0.417. The minimum absolute atomic E-state index is 0.00843. The van der Waals surface area contributed by atoms with Gasteiger partial charge in [0, 0.05) is 0 Å². The van der Waals surface area contributed by atoms with E-state index in [4.69, 9.17) is 0 Å². The van der Waals surface area contributed by atoms with Crippen molar-refractivity contribution in [3.8, 4) is 0 Å². The predicted molar refractivity (Wildman–Crippen MR) is 51.1 cm³/mol. The maximum atomic E-state index is 12.5. The van der Waals surface area contributed by atoms with Gasteiger partial charge in [-0.3, -0.25) is 0 Å². The van der Waals surface area contributed by atoms with Crippen LogP contribution in [0.25, 0.3) is 0 Å². The second-order valence-corrected chi connectivity index (χ2v) is 3.11. The van der Waals surface area contributed by atoms with Crippen molar-refractivity contribution < 1.29 is 26.3 Å². The lowest BCUT2D eigenvalue weighted by atomic mass is 10.1. The molecule has 17 heavy (non-hydrogen) atoms. The maximum Gasteiger partial charge on any atom is 0.418 e. The van der Waals surface area contributed by atoms with Gasteiger partial charge in [0.05, 0.1) is 22.0 Å². The average Bonchev–Trinajstić information content (AvgIpc) is 2.15. The number of hydrogen-bond acceptors (Lipinski definition) is 2. The molecule has 1 aromatic carbocycles.